The van der Waals surface area contributed by atoms with Gasteiger partial charge in [0.15, 0.2) is 0 Å². The van der Waals surface area contributed by atoms with Crippen molar-refractivity contribution in [2.24, 2.45) is 0 Å². The quantitative estimate of drug-likeness (QED) is 0.421. The fourth-order valence-corrected chi connectivity index (χ4v) is 2.14. The summed E-state index contributed by atoms with van der Waals surface area (Å²) >= 11 is 0. The smallest absolute Gasteiger partial charge is 0.328 e. The molecule has 0 heterocycles. The molecule has 0 unspecified atom stereocenters. The average Bonchev–Trinajstić information content (AvgIpc) is 2.48. The molecular formula is C17H24FNO2. The maximum absolute atomic E-state index is 13.3. The van der Waals surface area contributed by atoms with Gasteiger partial charge in [-0.2, -0.15) is 0 Å². The van der Waals surface area contributed by atoms with Crippen molar-refractivity contribution in [2.75, 3.05) is 12.4 Å². The first-order valence-corrected chi connectivity index (χ1v) is 7.30. The molecule has 0 radical (unpaired) electrons. The molecule has 21 heavy (non-hydrogen) atoms. The summed E-state index contributed by atoms with van der Waals surface area (Å²) < 4.78 is 18.1. The van der Waals surface area contributed by atoms with E-state index in [-0.39, 0.29) is 11.8 Å². The topological polar surface area (TPSA) is 38.3 Å². The number of hydrogen-bond donors (Lipinski definition) is 1. The molecule has 1 aromatic rings. The molecule has 1 atom stereocenters. The Balaban J connectivity index is 2.58. The highest BCUT2D eigenvalue weighted by Gasteiger charge is 2.18. The van der Waals surface area contributed by atoms with E-state index >= 15 is 0 Å². The minimum atomic E-state index is -0.399. The number of carbonyl (C=O) groups is 1. The van der Waals surface area contributed by atoms with Crippen molar-refractivity contribution >= 4 is 11.7 Å². The van der Waals surface area contributed by atoms with E-state index in [9.17, 15) is 9.18 Å². The van der Waals surface area contributed by atoms with E-state index in [1.807, 2.05) is 6.08 Å². The standard InChI is InChI=1S/C17H24FNO2/c1-4-5-6-7-8-9-16(17(20)21-3)19-14-10-11-15(18)13(2)12-14/h4,10-12,16,19H,1,5-9H2,2-3H3/t16-/m0/s1. The van der Waals surface area contributed by atoms with Crippen LogP contribution >= 0.6 is 0 Å². The molecule has 116 valence electrons. The SMILES string of the molecule is C=CCCCCC[C@H](Nc1ccc(F)c(C)c1)C(=O)OC. The van der Waals surface area contributed by atoms with Gasteiger partial charge in [0.25, 0.3) is 0 Å². The number of carbonyl (C=O) groups excluding carboxylic acids is 1. The van der Waals surface area contributed by atoms with Crippen LogP contribution in [-0.4, -0.2) is 19.1 Å². The van der Waals surface area contributed by atoms with E-state index < -0.39 is 6.04 Å². The van der Waals surface area contributed by atoms with Gasteiger partial charge in [0.05, 0.1) is 7.11 Å². The molecule has 1 rings (SSSR count). The van der Waals surface area contributed by atoms with Crippen LogP contribution in [0.15, 0.2) is 30.9 Å². The van der Waals surface area contributed by atoms with Gasteiger partial charge in [0.1, 0.15) is 11.9 Å². The molecule has 0 bridgehead atoms. The van der Waals surface area contributed by atoms with Crippen LogP contribution in [0.25, 0.3) is 0 Å². The highest BCUT2D eigenvalue weighted by atomic mass is 19.1. The molecule has 3 nitrogen and oxygen atoms in total. The summed E-state index contributed by atoms with van der Waals surface area (Å²) in [5, 5.41) is 3.13. The third-order valence-electron chi connectivity index (χ3n) is 3.39. The minimum Gasteiger partial charge on any atom is -0.467 e. The first kappa shape index (κ1) is 17.2. The van der Waals surface area contributed by atoms with Crippen molar-refractivity contribution in [1.82, 2.24) is 0 Å². The average molecular weight is 293 g/mol. The van der Waals surface area contributed by atoms with Crippen LogP contribution in [0.3, 0.4) is 0 Å². The number of halogens is 1. The Bertz CT molecular complexity index is 474. The third-order valence-corrected chi connectivity index (χ3v) is 3.39. The number of nitrogens with one attached hydrogen (secondary N) is 1. The highest BCUT2D eigenvalue weighted by molar-refractivity contribution is 5.79. The number of hydrogen-bond acceptors (Lipinski definition) is 3. The Labute approximate surface area is 126 Å². The van der Waals surface area contributed by atoms with Gasteiger partial charge < -0.3 is 10.1 Å². The molecule has 0 saturated carbocycles. The number of aryl methyl sites for hydroxylation is 1. The molecule has 0 fully saturated rings. The number of methoxy groups -OCH3 is 1. The van der Waals surface area contributed by atoms with Gasteiger partial charge in [-0.05, 0) is 49.9 Å². The van der Waals surface area contributed by atoms with Crippen LogP contribution in [0, 0.1) is 12.7 Å². The fourth-order valence-electron chi connectivity index (χ4n) is 2.14. The Morgan fingerprint density at radius 2 is 2.19 bits per heavy atom. The Kier molecular flexibility index (Phi) is 7.51. The molecule has 0 spiro atoms. The molecule has 0 saturated heterocycles. The number of allylic oxidation sites excluding steroid dienone is 1. The number of rotatable bonds is 9. The predicted molar refractivity (Wildman–Crippen MR) is 83.8 cm³/mol. The summed E-state index contributed by atoms with van der Waals surface area (Å²) in [6.45, 7) is 5.39. The van der Waals surface area contributed by atoms with E-state index in [4.69, 9.17) is 4.74 Å². The van der Waals surface area contributed by atoms with Gasteiger partial charge in [-0.15, -0.1) is 6.58 Å². The van der Waals surface area contributed by atoms with E-state index in [1.165, 1.54) is 13.2 Å². The fraction of sp³-hybridized carbons (Fsp3) is 0.471. The summed E-state index contributed by atoms with van der Waals surface area (Å²) in [6.07, 6.45) is 6.64. The van der Waals surface area contributed by atoms with Crippen LogP contribution in [0.4, 0.5) is 10.1 Å². The second kappa shape index (κ2) is 9.16. The second-order valence-electron chi connectivity index (χ2n) is 5.11. The lowest BCUT2D eigenvalue weighted by molar-refractivity contribution is -0.141. The largest absolute Gasteiger partial charge is 0.467 e. The van der Waals surface area contributed by atoms with Crippen LogP contribution < -0.4 is 5.32 Å². The number of anilines is 1. The molecule has 1 N–H and O–H groups in total. The summed E-state index contributed by atoms with van der Waals surface area (Å²) in [6, 6.07) is 4.33. The lowest BCUT2D eigenvalue weighted by Crippen LogP contribution is -2.30. The monoisotopic (exact) mass is 293 g/mol. The van der Waals surface area contributed by atoms with E-state index in [0.717, 1.165) is 31.4 Å². The maximum Gasteiger partial charge on any atom is 0.328 e. The molecule has 4 heteroatoms. The Hall–Kier alpha value is -1.84. The van der Waals surface area contributed by atoms with Gasteiger partial charge in [0, 0.05) is 5.69 Å². The zero-order chi connectivity index (χ0) is 15.7. The molecule has 1 aromatic carbocycles. The van der Waals surface area contributed by atoms with Gasteiger partial charge in [-0.3, -0.25) is 0 Å². The van der Waals surface area contributed by atoms with Gasteiger partial charge in [-0.25, -0.2) is 9.18 Å². The first-order valence-electron chi connectivity index (χ1n) is 7.30. The second-order valence-corrected chi connectivity index (χ2v) is 5.11. The number of esters is 1. The summed E-state index contributed by atoms with van der Waals surface area (Å²) in [5.74, 6) is -0.541. The van der Waals surface area contributed by atoms with Gasteiger partial charge in [-0.1, -0.05) is 18.9 Å². The van der Waals surface area contributed by atoms with Crippen LogP contribution in [0.1, 0.15) is 37.7 Å². The lowest BCUT2D eigenvalue weighted by Gasteiger charge is -2.18. The first-order chi connectivity index (χ1) is 10.1. The van der Waals surface area contributed by atoms with Crippen LogP contribution in [0.5, 0.6) is 0 Å². The minimum absolute atomic E-state index is 0.250. The number of benzene rings is 1. The lowest BCUT2D eigenvalue weighted by atomic mass is 10.1. The maximum atomic E-state index is 13.3. The van der Waals surface area contributed by atoms with Gasteiger partial charge >= 0.3 is 5.97 Å². The van der Waals surface area contributed by atoms with E-state index in [0.29, 0.717) is 12.0 Å². The van der Waals surface area contributed by atoms with Crippen LogP contribution in [-0.2, 0) is 9.53 Å². The van der Waals surface area contributed by atoms with Crippen molar-refractivity contribution in [2.45, 2.75) is 45.1 Å². The molecule has 0 amide bonds. The third kappa shape index (κ3) is 5.98. The van der Waals surface area contributed by atoms with Crippen molar-refractivity contribution in [3.8, 4) is 0 Å². The van der Waals surface area contributed by atoms with Gasteiger partial charge in [0.2, 0.25) is 0 Å². The summed E-state index contributed by atoms with van der Waals surface area (Å²) in [7, 11) is 1.38. The number of unbranched alkanes of at least 4 members (excludes halogenated alkanes) is 3. The molecule has 0 aliphatic carbocycles. The van der Waals surface area contributed by atoms with Crippen molar-refractivity contribution in [1.29, 1.82) is 0 Å². The van der Waals surface area contributed by atoms with E-state index in [1.54, 1.807) is 19.1 Å². The molecule has 0 aliphatic heterocycles. The van der Waals surface area contributed by atoms with E-state index in [2.05, 4.69) is 11.9 Å². The predicted octanol–water partition coefficient (Wildman–Crippen LogP) is 4.22. The molecular weight excluding hydrogens is 269 g/mol. The zero-order valence-electron chi connectivity index (χ0n) is 12.8. The molecule has 0 aromatic heterocycles. The highest BCUT2D eigenvalue weighted by Crippen LogP contribution is 2.17. The Morgan fingerprint density at radius 3 is 2.81 bits per heavy atom. The Morgan fingerprint density at radius 1 is 1.43 bits per heavy atom. The van der Waals surface area contributed by atoms with Crippen molar-refractivity contribution < 1.29 is 13.9 Å². The zero-order valence-corrected chi connectivity index (χ0v) is 12.8. The summed E-state index contributed by atoms with van der Waals surface area (Å²) in [5.41, 5.74) is 1.28. The van der Waals surface area contributed by atoms with Crippen molar-refractivity contribution in [3.05, 3.63) is 42.2 Å². The van der Waals surface area contributed by atoms with Crippen molar-refractivity contribution in [3.63, 3.8) is 0 Å². The normalized spacial score (nSPS) is 11.8. The molecule has 0 aliphatic rings. The van der Waals surface area contributed by atoms with Crippen LogP contribution in [0.2, 0.25) is 0 Å². The number of ether oxygens (including phenoxy) is 1. The summed E-state index contributed by atoms with van der Waals surface area (Å²) in [4.78, 5) is 11.8.